The van der Waals surface area contributed by atoms with Crippen molar-refractivity contribution in [3.63, 3.8) is 0 Å². The normalized spacial score (nSPS) is 24.6. The number of halogens is 2. The largest absolute Gasteiger partial charge is 0.375 e. The van der Waals surface area contributed by atoms with Crippen molar-refractivity contribution in [1.29, 1.82) is 0 Å². The Balaban J connectivity index is 1.28. The number of hydrogen-bond donors (Lipinski definition) is 0. The molecule has 6 rings (SSSR count). The van der Waals surface area contributed by atoms with Gasteiger partial charge in [0, 0.05) is 19.0 Å². The van der Waals surface area contributed by atoms with E-state index in [1.54, 1.807) is 0 Å². The van der Waals surface area contributed by atoms with Gasteiger partial charge in [0.15, 0.2) is 0 Å². The van der Waals surface area contributed by atoms with Crippen LogP contribution in [0.4, 0.5) is 8.78 Å². The fraction of sp³-hybridized carbons (Fsp3) is 0.442. The van der Waals surface area contributed by atoms with E-state index in [1.165, 1.54) is 0 Å². The van der Waals surface area contributed by atoms with Crippen LogP contribution in [-0.4, -0.2) is 54.9 Å². The van der Waals surface area contributed by atoms with E-state index >= 15 is 0 Å². The minimum absolute atomic E-state index is 0.134. The summed E-state index contributed by atoms with van der Waals surface area (Å²) in [4.78, 5) is 2.45. The van der Waals surface area contributed by atoms with Crippen LogP contribution in [0.15, 0.2) is 121 Å². The highest BCUT2D eigenvalue weighted by molar-refractivity contribution is 5.16. The maximum atomic E-state index is 14.3. The summed E-state index contributed by atoms with van der Waals surface area (Å²) in [5.41, 5.74) is 4.36. The van der Waals surface area contributed by atoms with Crippen LogP contribution in [0.25, 0.3) is 0 Å². The lowest BCUT2D eigenvalue weighted by atomic mass is 9.78. The van der Waals surface area contributed by atoms with Crippen molar-refractivity contribution in [1.82, 2.24) is 4.90 Å². The first-order valence-electron chi connectivity index (χ1n) is 18.1. The Bertz CT molecular complexity index is 1510. The lowest BCUT2D eigenvalue weighted by Crippen LogP contribution is -2.65. The number of ether oxygens (including phenoxy) is 4. The van der Waals surface area contributed by atoms with Crippen molar-refractivity contribution in [2.45, 2.75) is 89.3 Å². The molecular weight excluding hydrogens is 632 g/mol. The molecule has 0 radical (unpaired) electrons. The van der Waals surface area contributed by atoms with Crippen LogP contribution >= 0.6 is 0 Å². The number of rotatable bonds is 16. The third kappa shape index (κ3) is 10.5. The van der Waals surface area contributed by atoms with Gasteiger partial charge in [-0.1, -0.05) is 121 Å². The highest BCUT2D eigenvalue weighted by atomic mass is 19.3. The maximum absolute atomic E-state index is 14.3. The van der Waals surface area contributed by atoms with Crippen LogP contribution in [0.2, 0.25) is 0 Å². The van der Waals surface area contributed by atoms with Gasteiger partial charge in [0.25, 0.3) is 0 Å². The summed E-state index contributed by atoms with van der Waals surface area (Å²) in [6.07, 6.45) is 1.60. The highest BCUT2D eigenvalue weighted by Crippen LogP contribution is 2.39. The zero-order valence-corrected chi connectivity index (χ0v) is 29.1. The second kappa shape index (κ2) is 18.2. The van der Waals surface area contributed by atoms with E-state index in [9.17, 15) is 8.78 Å². The smallest absolute Gasteiger partial charge is 0.248 e. The molecule has 4 aromatic rings. The zero-order chi connectivity index (χ0) is 34.6. The number of hydrogen-bond acceptors (Lipinski definition) is 5. The van der Waals surface area contributed by atoms with Gasteiger partial charge in [-0.05, 0) is 60.8 Å². The number of nitrogens with zero attached hydrogens (tertiary/aromatic N) is 1. The molecule has 2 fully saturated rings. The van der Waals surface area contributed by atoms with Crippen molar-refractivity contribution in [2.24, 2.45) is 11.8 Å². The topological polar surface area (TPSA) is 40.2 Å². The first kappa shape index (κ1) is 36.3. The molecule has 4 unspecified atom stereocenters. The minimum Gasteiger partial charge on any atom is -0.375 e. The van der Waals surface area contributed by atoms with E-state index in [0.717, 1.165) is 48.6 Å². The molecule has 0 aromatic heterocycles. The summed E-state index contributed by atoms with van der Waals surface area (Å²) < 4.78 is 55.5. The van der Waals surface area contributed by atoms with Crippen molar-refractivity contribution in [3.05, 3.63) is 144 Å². The van der Waals surface area contributed by atoms with E-state index in [2.05, 4.69) is 53.4 Å². The van der Waals surface area contributed by atoms with Gasteiger partial charge in [-0.2, -0.15) is 0 Å². The Kier molecular flexibility index (Phi) is 13.2. The second-order valence-corrected chi connectivity index (χ2v) is 14.1. The van der Waals surface area contributed by atoms with E-state index in [1.807, 2.05) is 72.8 Å². The Morgan fingerprint density at radius 1 is 0.580 bits per heavy atom. The van der Waals surface area contributed by atoms with Crippen LogP contribution in [0.5, 0.6) is 0 Å². The van der Waals surface area contributed by atoms with E-state index in [-0.39, 0.29) is 24.4 Å². The molecule has 1 saturated heterocycles. The van der Waals surface area contributed by atoms with Crippen molar-refractivity contribution in [3.8, 4) is 0 Å². The molecule has 2 aliphatic rings. The molecule has 1 aliphatic heterocycles. The number of piperidine rings is 1. The van der Waals surface area contributed by atoms with Gasteiger partial charge < -0.3 is 18.9 Å². The predicted octanol–water partition coefficient (Wildman–Crippen LogP) is 9.11. The average molecular weight is 684 g/mol. The first-order valence-corrected chi connectivity index (χ1v) is 18.1. The Labute approximate surface area is 296 Å². The van der Waals surface area contributed by atoms with Gasteiger partial charge in [0.1, 0.15) is 12.2 Å². The summed E-state index contributed by atoms with van der Waals surface area (Å²) in [6.45, 7) is 4.67. The molecule has 0 spiro atoms. The maximum Gasteiger partial charge on any atom is 0.248 e. The second-order valence-electron chi connectivity index (χ2n) is 14.1. The summed E-state index contributed by atoms with van der Waals surface area (Å²) in [5, 5.41) is 0. The third-order valence-corrected chi connectivity index (χ3v) is 10.3. The van der Waals surface area contributed by atoms with Crippen LogP contribution in [0, 0.1) is 11.8 Å². The van der Waals surface area contributed by atoms with Gasteiger partial charge >= 0.3 is 0 Å². The van der Waals surface area contributed by atoms with Crippen LogP contribution in [0.3, 0.4) is 0 Å². The molecule has 4 atom stereocenters. The lowest BCUT2D eigenvalue weighted by molar-refractivity contribution is -0.212. The Hall–Kier alpha value is -3.46. The molecule has 7 heteroatoms. The van der Waals surface area contributed by atoms with Gasteiger partial charge in [-0.25, -0.2) is 8.78 Å². The monoisotopic (exact) mass is 683 g/mol. The summed E-state index contributed by atoms with van der Waals surface area (Å²) in [6, 6.07) is 40.7. The SMILES string of the molecule is CC(F)(F)C1CCC(CN2CC(OCc3ccccc3)C(OCc3ccccc3)C(OCc3ccccc3)C2COCc2ccccc2)CC1. The lowest BCUT2D eigenvalue weighted by Gasteiger charge is -2.49. The van der Waals surface area contributed by atoms with Gasteiger partial charge in [-0.15, -0.1) is 0 Å². The molecule has 4 aromatic carbocycles. The van der Waals surface area contributed by atoms with Gasteiger partial charge in [-0.3, -0.25) is 4.90 Å². The first-order chi connectivity index (χ1) is 24.4. The van der Waals surface area contributed by atoms with Gasteiger partial charge in [0.05, 0.1) is 45.2 Å². The van der Waals surface area contributed by atoms with Crippen molar-refractivity contribution in [2.75, 3.05) is 19.7 Å². The number of alkyl halides is 2. The molecule has 0 amide bonds. The van der Waals surface area contributed by atoms with Crippen molar-refractivity contribution < 1.29 is 27.7 Å². The van der Waals surface area contributed by atoms with Gasteiger partial charge in [0.2, 0.25) is 5.92 Å². The summed E-state index contributed by atoms with van der Waals surface area (Å²) >= 11 is 0. The highest BCUT2D eigenvalue weighted by Gasteiger charge is 2.47. The minimum atomic E-state index is -2.64. The fourth-order valence-electron chi connectivity index (χ4n) is 7.44. The predicted molar refractivity (Wildman–Crippen MR) is 193 cm³/mol. The van der Waals surface area contributed by atoms with Crippen molar-refractivity contribution >= 4 is 0 Å². The molecule has 0 bridgehead atoms. The fourth-order valence-corrected chi connectivity index (χ4v) is 7.44. The molecule has 1 heterocycles. The third-order valence-electron chi connectivity index (χ3n) is 10.3. The van der Waals surface area contributed by atoms with E-state index in [4.69, 9.17) is 18.9 Å². The molecular formula is C43H51F2NO4. The average Bonchev–Trinajstić information content (AvgIpc) is 3.15. The molecule has 5 nitrogen and oxygen atoms in total. The zero-order valence-electron chi connectivity index (χ0n) is 29.1. The standard InChI is InChI=1S/C43H51F2NO4/c1-43(44,45)38-24-22-33(23-25-38)26-46-27-40(48-29-35-16-8-3-9-17-35)42(50-31-37-20-12-5-13-21-37)41(49-30-36-18-10-4-11-19-36)39(46)32-47-28-34-14-6-2-7-15-34/h2-21,33,38-42H,22-32H2,1H3. The summed E-state index contributed by atoms with van der Waals surface area (Å²) in [7, 11) is 0. The molecule has 266 valence electrons. The number of likely N-dealkylation sites (tertiary alicyclic amines) is 1. The quantitative estimate of drug-likeness (QED) is 0.118. The summed E-state index contributed by atoms with van der Waals surface area (Å²) in [5.74, 6) is -2.89. The molecule has 1 saturated carbocycles. The molecule has 0 N–H and O–H groups in total. The Morgan fingerprint density at radius 3 is 1.50 bits per heavy atom. The van der Waals surface area contributed by atoms with E-state index < -0.39 is 11.8 Å². The molecule has 50 heavy (non-hydrogen) atoms. The van der Waals surface area contributed by atoms with Crippen LogP contribution in [0.1, 0.15) is 54.9 Å². The Morgan fingerprint density at radius 2 is 1.02 bits per heavy atom. The van der Waals surface area contributed by atoms with Crippen LogP contribution < -0.4 is 0 Å². The molecule has 1 aliphatic carbocycles. The van der Waals surface area contributed by atoms with Crippen LogP contribution in [-0.2, 0) is 45.4 Å². The number of benzene rings is 4. The van der Waals surface area contributed by atoms with E-state index in [0.29, 0.717) is 58.3 Å².